The number of carbonyl (C=O) groups excluding carboxylic acids is 1. The Labute approximate surface area is 141 Å². The Kier molecular flexibility index (Phi) is 5.51. The number of nitrogens with zero attached hydrogens (tertiary/aromatic N) is 1. The Balaban J connectivity index is 1.59. The average Bonchev–Trinajstić information content (AvgIpc) is 3.25. The zero-order valence-electron chi connectivity index (χ0n) is 13.6. The third kappa shape index (κ3) is 4.24. The molecule has 3 heterocycles. The molecule has 1 aliphatic rings. The summed E-state index contributed by atoms with van der Waals surface area (Å²) in [4.78, 5) is 15.6. The van der Waals surface area contributed by atoms with Gasteiger partial charge in [-0.2, -0.15) is 0 Å². The molecule has 5 heteroatoms. The Bertz CT molecular complexity index is 621. The van der Waals surface area contributed by atoms with Gasteiger partial charge in [0.05, 0.1) is 6.54 Å². The summed E-state index contributed by atoms with van der Waals surface area (Å²) in [5.41, 5.74) is 0. The highest BCUT2D eigenvalue weighted by molar-refractivity contribution is 7.09. The molecule has 0 radical (unpaired) electrons. The van der Waals surface area contributed by atoms with Crippen LogP contribution in [0.15, 0.2) is 34.1 Å². The summed E-state index contributed by atoms with van der Waals surface area (Å²) < 4.78 is 5.69. The molecule has 1 unspecified atom stereocenters. The summed E-state index contributed by atoms with van der Waals surface area (Å²) in [5.74, 6) is 1.12. The van der Waals surface area contributed by atoms with E-state index in [0.717, 1.165) is 25.3 Å². The van der Waals surface area contributed by atoms with Crippen LogP contribution in [-0.2, 0) is 13.0 Å². The molecule has 3 rings (SSSR count). The summed E-state index contributed by atoms with van der Waals surface area (Å²) in [6.45, 7) is 1.91. The molecule has 1 atom stereocenters. The van der Waals surface area contributed by atoms with Gasteiger partial charge in [0.2, 0.25) is 0 Å². The van der Waals surface area contributed by atoms with Gasteiger partial charge in [0, 0.05) is 18.0 Å². The maximum absolute atomic E-state index is 11.6. The Morgan fingerprint density at radius 2 is 2.30 bits per heavy atom. The molecule has 2 aromatic rings. The number of amides is 1. The molecule has 1 N–H and O–H groups in total. The minimum atomic E-state index is -0.163. The van der Waals surface area contributed by atoms with Crippen molar-refractivity contribution in [1.82, 2.24) is 10.2 Å². The molecular formula is C18H24N2O2S. The molecule has 1 amide bonds. The lowest BCUT2D eigenvalue weighted by Crippen LogP contribution is -2.39. The van der Waals surface area contributed by atoms with Gasteiger partial charge in [-0.1, -0.05) is 12.5 Å². The number of aryl methyl sites for hydroxylation is 1. The second-order valence-electron chi connectivity index (χ2n) is 6.08. The van der Waals surface area contributed by atoms with Crippen molar-refractivity contribution in [2.45, 2.75) is 44.7 Å². The van der Waals surface area contributed by atoms with Crippen LogP contribution < -0.4 is 5.32 Å². The van der Waals surface area contributed by atoms with Gasteiger partial charge in [-0.3, -0.25) is 9.69 Å². The van der Waals surface area contributed by atoms with Gasteiger partial charge in [-0.05, 0) is 55.8 Å². The largest absolute Gasteiger partial charge is 0.455 e. The predicted octanol–water partition coefficient (Wildman–Crippen LogP) is 3.69. The normalized spacial score (nSPS) is 18.9. The van der Waals surface area contributed by atoms with Crippen LogP contribution >= 0.6 is 11.3 Å². The minimum absolute atomic E-state index is 0.163. The third-order valence-electron chi connectivity index (χ3n) is 4.52. The van der Waals surface area contributed by atoms with Crippen LogP contribution in [-0.4, -0.2) is 30.4 Å². The number of carbonyl (C=O) groups is 1. The zero-order valence-corrected chi connectivity index (χ0v) is 14.4. The third-order valence-corrected chi connectivity index (χ3v) is 5.46. The quantitative estimate of drug-likeness (QED) is 0.877. The van der Waals surface area contributed by atoms with Crippen molar-refractivity contribution in [3.8, 4) is 0 Å². The molecule has 1 saturated heterocycles. The zero-order chi connectivity index (χ0) is 16.1. The summed E-state index contributed by atoms with van der Waals surface area (Å²) in [7, 11) is 1.62. The van der Waals surface area contributed by atoms with Crippen molar-refractivity contribution in [2.24, 2.45) is 0 Å². The van der Waals surface area contributed by atoms with Crippen molar-refractivity contribution in [1.29, 1.82) is 0 Å². The van der Waals surface area contributed by atoms with E-state index in [1.54, 1.807) is 13.1 Å². The number of hydrogen-bond acceptors (Lipinski definition) is 4. The number of nitrogens with one attached hydrogen (secondary N) is 1. The fraction of sp³-hybridized carbons (Fsp3) is 0.500. The molecule has 23 heavy (non-hydrogen) atoms. The topological polar surface area (TPSA) is 45.5 Å². The van der Waals surface area contributed by atoms with E-state index in [2.05, 4.69) is 27.7 Å². The van der Waals surface area contributed by atoms with E-state index in [9.17, 15) is 4.79 Å². The molecule has 124 valence electrons. The fourth-order valence-electron chi connectivity index (χ4n) is 3.27. The first-order chi connectivity index (χ1) is 11.3. The van der Waals surface area contributed by atoms with Crippen LogP contribution in [0.25, 0.3) is 0 Å². The van der Waals surface area contributed by atoms with E-state index in [0.29, 0.717) is 11.8 Å². The first-order valence-electron chi connectivity index (χ1n) is 8.33. The number of thiophene rings is 1. The number of likely N-dealkylation sites (tertiary alicyclic amines) is 1. The Morgan fingerprint density at radius 3 is 3.09 bits per heavy atom. The van der Waals surface area contributed by atoms with Crippen LogP contribution in [0.2, 0.25) is 0 Å². The average molecular weight is 332 g/mol. The summed E-state index contributed by atoms with van der Waals surface area (Å²) in [6, 6.07) is 8.65. The number of hydrogen-bond donors (Lipinski definition) is 1. The fourth-order valence-corrected chi connectivity index (χ4v) is 3.99. The molecule has 1 fully saturated rings. The molecule has 0 aliphatic carbocycles. The smallest absolute Gasteiger partial charge is 0.286 e. The highest BCUT2D eigenvalue weighted by atomic mass is 32.1. The summed E-state index contributed by atoms with van der Waals surface area (Å²) in [5, 5.41) is 4.75. The van der Waals surface area contributed by atoms with E-state index in [4.69, 9.17) is 4.42 Å². The monoisotopic (exact) mass is 332 g/mol. The van der Waals surface area contributed by atoms with Gasteiger partial charge in [0.1, 0.15) is 5.76 Å². The molecule has 0 saturated carbocycles. The van der Waals surface area contributed by atoms with Crippen molar-refractivity contribution in [3.05, 3.63) is 46.0 Å². The Morgan fingerprint density at radius 1 is 1.39 bits per heavy atom. The van der Waals surface area contributed by atoms with Crippen molar-refractivity contribution in [3.63, 3.8) is 0 Å². The highest BCUT2D eigenvalue weighted by Crippen LogP contribution is 2.25. The van der Waals surface area contributed by atoms with Crippen molar-refractivity contribution in [2.75, 3.05) is 13.6 Å². The van der Waals surface area contributed by atoms with Crippen LogP contribution in [0.3, 0.4) is 0 Å². The molecule has 4 nitrogen and oxygen atoms in total. The van der Waals surface area contributed by atoms with E-state index in [1.807, 2.05) is 17.4 Å². The molecule has 1 aliphatic heterocycles. The van der Waals surface area contributed by atoms with Crippen LogP contribution in [0, 0.1) is 0 Å². The van der Waals surface area contributed by atoms with Gasteiger partial charge in [-0.25, -0.2) is 0 Å². The molecule has 0 spiro atoms. The predicted molar refractivity (Wildman–Crippen MR) is 92.8 cm³/mol. The lowest BCUT2D eigenvalue weighted by atomic mass is 9.97. The van der Waals surface area contributed by atoms with Gasteiger partial charge in [0.25, 0.3) is 5.91 Å². The number of furan rings is 1. The minimum Gasteiger partial charge on any atom is -0.455 e. The standard InChI is InChI=1S/C18H24N2O2S/c1-19-18(21)17-10-8-15(22-17)13-20-11-3-2-5-14(20)7-9-16-6-4-12-23-16/h4,6,8,10,12,14H,2-3,5,7,9,11,13H2,1H3,(H,19,21). The lowest BCUT2D eigenvalue weighted by Gasteiger charge is -2.35. The molecular weight excluding hydrogens is 308 g/mol. The Hall–Kier alpha value is -1.59. The van der Waals surface area contributed by atoms with Gasteiger partial charge < -0.3 is 9.73 Å². The van der Waals surface area contributed by atoms with Gasteiger partial charge in [-0.15, -0.1) is 11.3 Å². The summed E-state index contributed by atoms with van der Waals surface area (Å²) in [6.07, 6.45) is 6.17. The van der Waals surface area contributed by atoms with Gasteiger partial charge in [0.15, 0.2) is 5.76 Å². The van der Waals surface area contributed by atoms with E-state index in [1.165, 1.54) is 30.6 Å². The van der Waals surface area contributed by atoms with Crippen LogP contribution in [0.5, 0.6) is 0 Å². The SMILES string of the molecule is CNC(=O)c1ccc(CN2CCCCC2CCc2cccs2)o1. The maximum Gasteiger partial charge on any atom is 0.286 e. The van der Waals surface area contributed by atoms with Gasteiger partial charge >= 0.3 is 0 Å². The molecule has 0 bridgehead atoms. The van der Waals surface area contributed by atoms with Crippen LogP contribution in [0.1, 0.15) is 46.9 Å². The first kappa shape index (κ1) is 16.3. The van der Waals surface area contributed by atoms with Crippen molar-refractivity contribution < 1.29 is 9.21 Å². The van der Waals surface area contributed by atoms with E-state index >= 15 is 0 Å². The second-order valence-corrected chi connectivity index (χ2v) is 7.12. The van der Waals surface area contributed by atoms with E-state index in [-0.39, 0.29) is 5.91 Å². The molecule has 0 aromatic carbocycles. The molecule has 2 aromatic heterocycles. The second kappa shape index (κ2) is 7.79. The van der Waals surface area contributed by atoms with E-state index < -0.39 is 0 Å². The number of rotatable bonds is 6. The highest BCUT2D eigenvalue weighted by Gasteiger charge is 2.23. The lowest BCUT2D eigenvalue weighted by molar-refractivity contribution is 0.0924. The number of piperidine rings is 1. The summed E-state index contributed by atoms with van der Waals surface area (Å²) >= 11 is 1.84. The van der Waals surface area contributed by atoms with Crippen LogP contribution in [0.4, 0.5) is 0 Å². The maximum atomic E-state index is 11.6. The van der Waals surface area contributed by atoms with Crippen molar-refractivity contribution >= 4 is 17.2 Å². The first-order valence-corrected chi connectivity index (χ1v) is 9.21.